The summed E-state index contributed by atoms with van der Waals surface area (Å²) in [5.74, 6) is 0. The van der Waals surface area contributed by atoms with E-state index < -0.39 is 0 Å². The summed E-state index contributed by atoms with van der Waals surface area (Å²) in [6.07, 6.45) is 4.10. The van der Waals surface area contributed by atoms with Crippen LogP contribution in [0.5, 0.6) is 0 Å². The number of amides is 2. The van der Waals surface area contributed by atoms with Gasteiger partial charge in [0, 0.05) is 24.7 Å². The van der Waals surface area contributed by atoms with Gasteiger partial charge in [-0.3, -0.25) is 0 Å². The maximum Gasteiger partial charge on any atom is 0.317 e. The van der Waals surface area contributed by atoms with E-state index in [2.05, 4.69) is 5.32 Å². The smallest absolute Gasteiger partial charge is 0.317 e. The van der Waals surface area contributed by atoms with E-state index >= 15 is 0 Å². The normalized spacial score (nSPS) is 26.3. The summed E-state index contributed by atoms with van der Waals surface area (Å²) < 4.78 is 0. The fourth-order valence-corrected chi connectivity index (χ4v) is 2.06. The van der Waals surface area contributed by atoms with Crippen molar-refractivity contribution in [1.29, 1.82) is 0 Å². The Morgan fingerprint density at radius 1 is 1.25 bits per heavy atom. The Morgan fingerprint density at radius 2 is 1.75 bits per heavy atom. The van der Waals surface area contributed by atoms with Gasteiger partial charge in [0.1, 0.15) is 0 Å². The highest BCUT2D eigenvalue weighted by Gasteiger charge is 2.26. The fourth-order valence-electron chi connectivity index (χ4n) is 2.06. The van der Waals surface area contributed by atoms with Crippen LogP contribution in [0.25, 0.3) is 0 Å². The molecule has 1 saturated carbocycles. The van der Waals surface area contributed by atoms with Gasteiger partial charge < -0.3 is 16.0 Å². The first-order valence-electron chi connectivity index (χ1n) is 6.10. The summed E-state index contributed by atoms with van der Waals surface area (Å²) in [6.45, 7) is 5.99. The molecule has 1 aliphatic carbocycles. The van der Waals surface area contributed by atoms with Gasteiger partial charge in [0.2, 0.25) is 0 Å². The molecule has 16 heavy (non-hydrogen) atoms. The van der Waals surface area contributed by atoms with Gasteiger partial charge in [-0.25, -0.2) is 4.79 Å². The molecule has 0 atom stereocenters. The summed E-state index contributed by atoms with van der Waals surface area (Å²) >= 11 is 0. The third-order valence-corrected chi connectivity index (χ3v) is 3.09. The number of hydrogen-bond acceptors (Lipinski definition) is 2. The second-order valence-corrected chi connectivity index (χ2v) is 5.86. The summed E-state index contributed by atoms with van der Waals surface area (Å²) in [7, 11) is 1.88. The van der Waals surface area contributed by atoms with Gasteiger partial charge in [-0.15, -0.1) is 0 Å². The van der Waals surface area contributed by atoms with Crippen LogP contribution in [0.1, 0.15) is 46.5 Å². The standard InChI is InChI=1S/C12H25N3O/c1-12(2,3)14-11(16)15(4)10-7-5-9(13)6-8-10/h9-10H,5-8,13H2,1-4H3,(H,14,16). The van der Waals surface area contributed by atoms with E-state index in [1.807, 2.05) is 32.7 Å². The molecule has 3 N–H and O–H groups in total. The van der Waals surface area contributed by atoms with E-state index in [0.717, 1.165) is 25.7 Å². The Hall–Kier alpha value is -0.770. The zero-order valence-electron chi connectivity index (χ0n) is 10.9. The molecule has 0 aromatic carbocycles. The van der Waals surface area contributed by atoms with Crippen molar-refractivity contribution >= 4 is 6.03 Å². The van der Waals surface area contributed by atoms with Crippen LogP contribution in [-0.4, -0.2) is 35.6 Å². The predicted molar refractivity (Wildman–Crippen MR) is 66.3 cm³/mol. The van der Waals surface area contributed by atoms with Gasteiger partial charge in [0.25, 0.3) is 0 Å². The van der Waals surface area contributed by atoms with Crippen molar-refractivity contribution < 1.29 is 4.79 Å². The van der Waals surface area contributed by atoms with E-state index in [0.29, 0.717) is 12.1 Å². The second-order valence-electron chi connectivity index (χ2n) is 5.86. The number of hydrogen-bond donors (Lipinski definition) is 2. The first-order chi connectivity index (χ1) is 7.29. The molecular formula is C12H25N3O. The van der Waals surface area contributed by atoms with Crippen molar-refractivity contribution in [1.82, 2.24) is 10.2 Å². The van der Waals surface area contributed by atoms with Crippen LogP contribution < -0.4 is 11.1 Å². The molecule has 0 aromatic rings. The lowest BCUT2D eigenvalue weighted by molar-refractivity contribution is 0.162. The van der Waals surface area contributed by atoms with Gasteiger partial charge in [-0.05, 0) is 46.5 Å². The number of carbonyl (C=O) groups excluding carboxylic acids is 1. The quantitative estimate of drug-likeness (QED) is 0.716. The third kappa shape index (κ3) is 4.00. The number of nitrogens with zero attached hydrogens (tertiary/aromatic N) is 1. The number of urea groups is 1. The van der Waals surface area contributed by atoms with Crippen molar-refractivity contribution in [2.24, 2.45) is 5.73 Å². The maximum atomic E-state index is 11.9. The fraction of sp³-hybridized carbons (Fsp3) is 0.917. The minimum absolute atomic E-state index is 0.0213. The minimum Gasteiger partial charge on any atom is -0.333 e. The van der Waals surface area contributed by atoms with Gasteiger partial charge in [0.15, 0.2) is 0 Å². The van der Waals surface area contributed by atoms with Crippen molar-refractivity contribution in [3.05, 3.63) is 0 Å². The monoisotopic (exact) mass is 227 g/mol. The predicted octanol–water partition coefficient (Wildman–Crippen LogP) is 1.70. The molecule has 2 amide bonds. The molecule has 0 unspecified atom stereocenters. The van der Waals surface area contributed by atoms with E-state index in [-0.39, 0.29) is 11.6 Å². The molecule has 4 heteroatoms. The van der Waals surface area contributed by atoms with Crippen LogP contribution in [0.15, 0.2) is 0 Å². The summed E-state index contributed by atoms with van der Waals surface area (Å²) in [5, 5.41) is 2.98. The molecule has 1 rings (SSSR count). The Bertz CT molecular complexity index is 239. The average molecular weight is 227 g/mol. The lowest BCUT2D eigenvalue weighted by Crippen LogP contribution is -2.51. The Balaban J connectivity index is 2.45. The summed E-state index contributed by atoms with van der Waals surface area (Å²) in [5.41, 5.74) is 5.69. The molecule has 0 bridgehead atoms. The first kappa shape index (κ1) is 13.3. The van der Waals surface area contributed by atoms with Crippen LogP contribution in [0.2, 0.25) is 0 Å². The number of nitrogens with two attached hydrogens (primary N) is 1. The highest BCUT2D eigenvalue weighted by molar-refractivity contribution is 5.75. The molecule has 0 saturated heterocycles. The molecule has 0 spiro atoms. The van der Waals surface area contributed by atoms with Crippen molar-refractivity contribution in [3.8, 4) is 0 Å². The van der Waals surface area contributed by atoms with Crippen LogP contribution in [0.4, 0.5) is 4.79 Å². The van der Waals surface area contributed by atoms with E-state index in [4.69, 9.17) is 5.73 Å². The molecule has 1 aliphatic rings. The van der Waals surface area contributed by atoms with Crippen LogP contribution in [-0.2, 0) is 0 Å². The second kappa shape index (κ2) is 5.04. The molecular weight excluding hydrogens is 202 g/mol. The van der Waals surface area contributed by atoms with Crippen molar-refractivity contribution in [2.45, 2.75) is 64.1 Å². The van der Waals surface area contributed by atoms with Crippen LogP contribution >= 0.6 is 0 Å². The zero-order chi connectivity index (χ0) is 12.3. The molecule has 0 heterocycles. The van der Waals surface area contributed by atoms with Crippen molar-refractivity contribution in [2.75, 3.05) is 7.05 Å². The lowest BCUT2D eigenvalue weighted by atomic mass is 9.91. The van der Waals surface area contributed by atoms with E-state index in [9.17, 15) is 4.79 Å². The SMILES string of the molecule is CN(C(=O)NC(C)(C)C)C1CCC(N)CC1. The van der Waals surface area contributed by atoms with Crippen molar-refractivity contribution in [3.63, 3.8) is 0 Å². The van der Waals surface area contributed by atoms with Gasteiger partial charge >= 0.3 is 6.03 Å². The first-order valence-corrected chi connectivity index (χ1v) is 6.10. The number of rotatable bonds is 1. The summed E-state index contributed by atoms with van der Waals surface area (Å²) in [6, 6.07) is 0.699. The zero-order valence-corrected chi connectivity index (χ0v) is 10.9. The maximum absolute atomic E-state index is 11.9. The van der Waals surface area contributed by atoms with E-state index in [1.54, 1.807) is 0 Å². The lowest BCUT2D eigenvalue weighted by Gasteiger charge is -2.35. The largest absolute Gasteiger partial charge is 0.333 e. The Morgan fingerprint density at radius 3 is 2.19 bits per heavy atom. The molecule has 0 aliphatic heterocycles. The molecule has 94 valence electrons. The average Bonchev–Trinajstić information content (AvgIpc) is 2.15. The Kier molecular flexibility index (Phi) is 4.19. The van der Waals surface area contributed by atoms with Gasteiger partial charge in [-0.2, -0.15) is 0 Å². The van der Waals surface area contributed by atoms with Crippen LogP contribution in [0, 0.1) is 0 Å². The summed E-state index contributed by atoms with van der Waals surface area (Å²) in [4.78, 5) is 13.8. The van der Waals surface area contributed by atoms with E-state index in [1.165, 1.54) is 0 Å². The number of carbonyl (C=O) groups is 1. The molecule has 0 radical (unpaired) electrons. The topological polar surface area (TPSA) is 58.4 Å². The molecule has 4 nitrogen and oxygen atoms in total. The molecule has 1 fully saturated rings. The highest BCUT2D eigenvalue weighted by Crippen LogP contribution is 2.21. The minimum atomic E-state index is -0.170. The number of nitrogens with one attached hydrogen (secondary N) is 1. The third-order valence-electron chi connectivity index (χ3n) is 3.09. The Labute approximate surface area is 98.6 Å². The van der Waals surface area contributed by atoms with Gasteiger partial charge in [0.05, 0.1) is 0 Å². The van der Waals surface area contributed by atoms with Gasteiger partial charge in [-0.1, -0.05) is 0 Å². The van der Waals surface area contributed by atoms with Crippen LogP contribution in [0.3, 0.4) is 0 Å². The molecule has 0 aromatic heterocycles. The highest BCUT2D eigenvalue weighted by atomic mass is 16.2.